The van der Waals surface area contributed by atoms with Crippen LogP contribution in [0, 0.1) is 5.92 Å². The molecule has 1 amide bonds. The summed E-state index contributed by atoms with van der Waals surface area (Å²) in [6, 6.07) is 7.87. The van der Waals surface area contributed by atoms with E-state index in [1.54, 1.807) is 7.11 Å². The maximum atomic E-state index is 12.1. The van der Waals surface area contributed by atoms with Crippen LogP contribution in [0.3, 0.4) is 0 Å². The minimum absolute atomic E-state index is 0.201. The number of rotatable bonds is 5. The summed E-state index contributed by atoms with van der Waals surface area (Å²) in [5.41, 5.74) is 1.08. The molecule has 1 aromatic carbocycles. The van der Waals surface area contributed by atoms with Crippen LogP contribution in [0.5, 0.6) is 5.75 Å². The van der Waals surface area contributed by atoms with Crippen molar-refractivity contribution in [1.82, 2.24) is 10.2 Å². The van der Waals surface area contributed by atoms with Gasteiger partial charge in [-0.25, -0.2) is 0 Å². The molecule has 0 atom stereocenters. The molecule has 1 saturated heterocycles. The van der Waals surface area contributed by atoms with E-state index in [2.05, 4.69) is 12.2 Å². The number of benzene rings is 1. The lowest BCUT2D eigenvalue weighted by Gasteiger charge is -2.30. The van der Waals surface area contributed by atoms with Crippen LogP contribution in [0.2, 0.25) is 0 Å². The second-order valence-corrected chi connectivity index (χ2v) is 5.48. The Kier molecular flexibility index (Phi) is 5.41. The van der Waals surface area contributed by atoms with Crippen molar-refractivity contribution >= 4 is 5.91 Å². The number of piperidine rings is 1. The van der Waals surface area contributed by atoms with Gasteiger partial charge in [0.15, 0.2) is 0 Å². The molecule has 0 bridgehead atoms. The van der Waals surface area contributed by atoms with E-state index in [1.165, 1.54) is 0 Å². The number of nitrogens with one attached hydrogen (secondary N) is 1. The number of para-hydroxylation sites is 1. The average Bonchev–Trinajstić information content (AvgIpc) is 2.48. The Labute approximate surface area is 121 Å². The van der Waals surface area contributed by atoms with Crippen LogP contribution in [0.1, 0.15) is 25.3 Å². The number of methoxy groups -OCH3 is 1. The zero-order valence-corrected chi connectivity index (χ0v) is 12.4. The van der Waals surface area contributed by atoms with E-state index in [1.807, 2.05) is 29.2 Å². The first-order chi connectivity index (χ1) is 9.70. The number of likely N-dealkylation sites (tertiary alicyclic amines) is 1. The summed E-state index contributed by atoms with van der Waals surface area (Å²) in [5, 5.41) is 3.21. The number of carbonyl (C=O) groups is 1. The highest BCUT2D eigenvalue weighted by molar-refractivity contribution is 5.78. The van der Waals surface area contributed by atoms with Crippen LogP contribution in [0.15, 0.2) is 24.3 Å². The molecule has 20 heavy (non-hydrogen) atoms. The van der Waals surface area contributed by atoms with Crippen molar-refractivity contribution in [3.05, 3.63) is 29.8 Å². The van der Waals surface area contributed by atoms with Crippen molar-refractivity contribution in [2.45, 2.75) is 26.3 Å². The van der Waals surface area contributed by atoms with Gasteiger partial charge in [-0.15, -0.1) is 0 Å². The maximum Gasteiger partial charge on any atom is 0.236 e. The highest BCUT2D eigenvalue weighted by Gasteiger charge is 2.19. The molecular formula is C16H24N2O2. The molecule has 110 valence electrons. The van der Waals surface area contributed by atoms with Gasteiger partial charge >= 0.3 is 0 Å². The molecule has 1 heterocycles. The predicted octanol–water partition coefficient (Wildman–Crippen LogP) is 2.04. The Morgan fingerprint density at radius 1 is 1.35 bits per heavy atom. The molecule has 1 aromatic rings. The molecule has 4 nitrogen and oxygen atoms in total. The fourth-order valence-electron chi connectivity index (χ4n) is 2.52. The Hall–Kier alpha value is -1.55. The van der Waals surface area contributed by atoms with Gasteiger partial charge in [0.05, 0.1) is 13.7 Å². The second kappa shape index (κ2) is 7.29. The number of hydrogen-bond donors (Lipinski definition) is 1. The molecule has 0 aromatic heterocycles. The van der Waals surface area contributed by atoms with E-state index in [9.17, 15) is 4.79 Å². The number of amides is 1. The van der Waals surface area contributed by atoms with E-state index in [4.69, 9.17) is 4.74 Å². The molecule has 1 aliphatic rings. The summed E-state index contributed by atoms with van der Waals surface area (Å²) < 4.78 is 5.30. The summed E-state index contributed by atoms with van der Waals surface area (Å²) in [4.78, 5) is 14.0. The van der Waals surface area contributed by atoms with E-state index in [0.29, 0.717) is 13.1 Å². The van der Waals surface area contributed by atoms with Crippen LogP contribution < -0.4 is 10.1 Å². The third-order valence-corrected chi connectivity index (χ3v) is 3.92. The van der Waals surface area contributed by atoms with E-state index >= 15 is 0 Å². The van der Waals surface area contributed by atoms with Crippen LogP contribution in [0.25, 0.3) is 0 Å². The molecule has 2 rings (SSSR count). The topological polar surface area (TPSA) is 41.6 Å². The van der Waals surface area contributed by atoms with Gasteiger partial charge in [-0.2, -0.15) is 0 Å². The summed E-state index contributed by atoms with van der Waals surface area (Å²) in [5.74, 6) is 1.81. The molecule has 0 aliphatic carbocycles. The second-order valence-electron chi connectivity index (χ2n) is 5.48. The highest BCUT2D eigenvalue weighted by Crippen LogP contribution is 2.17. The quantitative estimate of drug-likeness (QED) is 0.895. The third kappa shape index (κ3) is 3.97. The minimum atomic E-state index is 0.201. The number of nitrogens with zero attached hydrogens (tertiary/aromatic N) is 1. The summed E-state index contributed by atoms with van der Waals surface area (Å²) in [7, 11) is 1.67. The molecule has 0 unspecified atom stereocenters. The van der Waals surface area contributed by atoms with Crippen molar-refractivity contribution in [3.63, 3.8) is 0 Å². The van der Waals surface area contributed by atoms with Gasteiger partial charge in [-0.3, -0.25) is 4.79 Å². The number of hydrogen-bond acceptors (Lipinski definition) is 3. The summed E-state index contributed by atoms with van der Waals surface area (Å²) in [6.45, 7) is 5.10. The van der Waals surface area contributed by atoms with Gasteiger partial charge in [-0.1, -0.05) is 25.1 Å². The van der Waals surface area contributed by atoms with Crippen molar-refractivity contribution in [2.24, 2.45) is 5.92 Å². The predicted molar refractivity (Wildman–Crippen MR) is 79.7 cm³/mol. The van der Waals surface area contributed by atoms with Gasteiger partial charge in [0.2, 0.25) is 5.91 Å². The zero-order chi connectivity index (χ0) is 14.4. The lowest BCUT2D eigenvalue weighted by Crippen LogP contribution is -2.42. The Morgan fingerprint density at radius 2 is 2.05 bits per heavy atom. The maximum absolute atomic E-state index is 12.1. The van der Waals surface area contributed by atoms with Gasteiger partial charge in [0.25, 0.3) is 0 Å². The Bertz CT molecular complexity index is 440. The highest BCUT2D eigenvalue weighted by atomic mass is 16.5. The van der Waals surface area contributed by atoms with Crippen LogP contribution >= 0.6 is 0 Å². The zero-order valence-electron chi connectivity index (χ0n) is 12.4. The Morgan fingerprint density at radius 3 is 2.75 bits per heavy atom. The molecule has 4 heteroatoms. The Balaban J connectivity index is 1.76. The van der Waals surface area contributed by atoms with E-state index < -0.39 is 0 Å². The average molecular weight is 276 g/mol. The van der Waals surface area contributed by atoms with E-state index in [-0.39, 0.29) is 5.91 Å². The van der Waals surface area contributed by atoms with E-state index in [0.717, 1.165) is 43.2 Å². The summed E-state index contributed by atoms with van der Waals surface area (Å²) in [6.07, 6.45) is 2.25. The molecule has 1 fully saturated rings. The lowest BCUT2D eigenvalue weighted by molar-refractivity contribution is -0.131. The van der Waals surface area contributed by atoms with Crippen molar-refractivity contribution < 1.29 is 9.53 Å². The monoisotopic (exact) mass is 276 g/mol. The molecular weight excluding hydrogens is 252 g/mol. The fourth-order valence-corrected chi connectivity index (χ4v) is 2.52. The molecule has 1 N–H and O–H groups in total. The van der Waals surface area contributed by atoms with Crippen LogP contribution in [0.4, 0.5) is 0 Å². The number of carbonyl (C=O) groups excluding carboxylic acids is 1. The van der Waals surface area contributed by atoms with Gasteiger partial charge in [0, 0.05) is 25.2 Å². The fraction of sp³-hybridized carbons (Fsp3) is 0.562. The molecule has 1 aliphatic heterocycles. The normalized spacial score (nSPS) is 16.2. The minimum Gasteiger partial charge on any atom is -0.496 e. The standard InChI is InChI=1S/C16H24N2O2/c1-13-7-9-18(10-8-13)16(19)12-17-11-14-5-3-4-6-15(14)20-2/h3-6,13,17H,7-12H2,1-2H3. The van der Waals surface area contributed by atoms with Gasteiger partial charge in [-0.05, 0) is 24.8 Å². The van der Waals surface area contributed by atoms with Gasteiger partial charge < -0.3 is 15.0 Å². The molecule has 0 spiro atoms. The first-order valence-corrected chi connectivity index (χ1v) is 7.31. The SMILES string of the molecule is COc1ccccc1CNCC(=O)N1CCC(C)CC1. The van der Waals surface area contributed by atoms with Crippen molar-refractivity contribution in [1.29, 1.82) is 0 Å². The van der Waals surface area contributed by atoms with Crippen LogP contribution in [-0.4, -0.2) is 37.6 Å². The van der Waals surface area contributed by atoms with Crippen LogP contribution in [-0.2, 0) is 11.3 Å². The lowest BCUT2D eigenvalue weighted by atomic mass is 9.99. The van der Waals surface area contributed by atoms with Gasteiger partial charge in [0.1, 0.15) is 5.75 Å². The van der Waals surface area contributed by atoms with Crippen molar-refractivity contribution in [2.75, 3.05) is 26.7 Å². The molecule has 0 radical (unpaired) electrons. The molecule has 0 saturated carbocycles. The summed E-state index contributed by atoms with van der Waals surface area (Å²) >= 11 is 0. The van der Waals surface area contributed by atoms with Crippen molar-refractivity contribution in [3.8, 4) is 5.75 Å². The number of ether oxygens (including phenoxy) is 1. The first kappa shape index (κ1) is 14.9. The smallest absolute Gasteiger partial charge is 0.236 e. The first-order valence-electron chi connectivity index (χ1n) is 7.31. The largest absolute Gasteiger partial charge is 0.496 e. The third-order valence-electron chi connectivity index (χ3n) is 3.92.